The summed E-state index contributed by atoms with van der Waals surface area (Å²) in [7, 11) is 0. The molecule has 0 radical (unpaired) electrons. The minimum Gasteiger partial charge on any atom is -0.384 e. The van der Waals surface area contributed by atoms with Gasteiger partial charge in [-0.1, -0.05) is 20.8 Å². The van der Waals surface area contributed by atoms with Crippen LogP contribution in [0.2, 0.25) is 0 Å². The molecule has 2 aromatic rings. The lowest BCUT2D eigenvalue weighted by Gasteiger charge is -2.18. The lowest BCUT2D eigenvalue weighted by Crippen LogP contribution is -2.18. The monoisotopic (exact) mass is 290 g/mol. The highest BCUT2D eigenvalue weighted by atomic mass is 32.1. The summed E-state index contributed by atoms with van der Waals surface area (Å²) in [6, 6.07) is 3.99. The first-order valence-electron chi connectivity index (χ1n) is 6.70. The smallest absolute Gasteiger partial charge is 0.138 e. The molecule has 0 spiro atoms. The van der Waals surface area contributed by atoms with Gasteiger partial charge in [-0.2, -0.15) is 0 Å². The van der Waals surface area contributed by atoms with Crippen LogP contribution in [0.25, 0.3) is 0 Å². The summed E-state index contributed by atoms with van der Waals surface area (Å²) < 4.78 is 0. The second-order valence-electron chi connectivity index (χ2n) is 6.06. The van der Waals surface area contributed by atoms with Crippen LogP contribution in [0, 0.1) is 13.8 Å². The Kier molecular flexibility index (Phi) is 3.99. The van der Waals surface area contributed by atoms with E-state index in [1.807, 2.05) is 11.3 Å². The molecule has 0 atom stereocenters. The van der Waals surface area contributed by atoms with Gasteiger partial charge in [-0.15, -0.1) is 11.3 Å². The minimum absolute atomic E-state index is 0.109. The highest BCUT2D eigenvalue weighted by molar-refractivity contribution is 7.12. The molecular formula is C15H22N4S. The standard InChI is InChI=1S/C15H22N4S/c1-9-6-11(20-10(9)2)8-17-13-7-12(16)18-14(19-13)15(3,4)5/h6-7H,8H2,1-5H3,(H3,16,17,18,19). The first-order chi connectivity index (χ1) is 9.25. The molecule has 0 fully saturated rings. The predicted octanol–water partition coefficient (Wildman–Crippen LogP) is 3.65. The molecule has 0 saturated heterocycles. The fourth-order valence-electron chi connectivity index (χ4n) is 1.81. The van der Waals surface area contributed by atoms with Crippen molar-refractivity contribution in [3.05, 3.63) is 33.3 Å². The van der Waals surface area contributed by atoms with Crippen LogP contribution >= 0.6 is 11.3 Å². The fourth-order valence-corrected chi connectivity index (χ4v) is 2.80. The normalized spacial score (nSPS) is 11.7. The van der Waals surface area contributed by atoms with Crippen LogP contribution in [-0.2, 0) is 12.0 Å². The summed E-state index contributed by atoms with van der Waals surface area (Å²) in [5.41, 5.74) is 7.09. The molecule has 0 unspecified atom stereocenters. The molecule has 0 aliphatic carbocycles. The number of hydrogen-bond acceptors (Lipinski definition) is 5. The fraction of sp³-hybridized carbons (Fsp3) is 0.467. The third-order valence-electron chi connectivity index (χ3n) is 3.08. The van der Waals surface area contributed by atoms with Crippen LogP contribution in [0.3, 0.4) is 0 Å². The Bertz CT molecular complexity index is 591. The van der Waals surface area contributed by atoms with Crippen molar-refractivity contribution in [2.45, 2.75) is 46.6 Å². The molecule has 0 aliphatic heterocycles. The molecule has 0 aliphatic rings. The van der Waals surface area contributed by atoms with Gasteiger partial charge >= 0.3 is 0 Å². The molecule has 5 heteroatoms. The van der Waals surface area contributed by atoms with Gasteiger partial charge in [0.25, 0.3) is 0 Å². The summed E-state index contributed by atoms with van der Waals surface area (Å²) >= 11 is 1.81. The van der Waals surface area contributed by atoms with E-state index in [1.165, 1.54) is 15.3 Å². The van der Waals surface area contributed by atoms with Gasteiger partial charge in [-0.05, 0) is 25.5 Å². The van der Waals surface area contributed by atoms with Gasteiger partial charge in [0.1, 0.15) is 17.5 Å². The van der Waals surface area contributed by atoms with Crippen molar-refractivity contribution >= 4 is 23.0 Å². The number of rotatable bonds is 3. The average Bonchev–Trinajstić information content (AvgIpc) is 2.65. The van der Waals surface area contributed by atoms with E-state index in [9.17, 15) is 0 Å². The van der Waals surface area contributed by atoms with Gasteiger partial charge in [0.05, 0.1) is 6.54 Å². The highest BCUT2D eigenvalue weighted by Crippen LogP contribution is 2.23. The van der Waals surface area contributed by atoms with Crippen molar-refractivity contribution in [3.8, 4) is 0 Å². The van der Waals surface area contributed by atoms with Crippen molar-refractivity contribution < 1.29 is 0 Å². The summed E-state index contributed by atoms with van der Waals surface area (Å²) in [6.07, 6.45) is 0. The van der Waals surface area contributed by atoms with Crippen LogP contribution < -0.4 is 11.1 Å². The second-order valence-corrected chi connectivity index (χ2v) is 7.40. The molecule has 0 bridgehead atoms. The van der Waals surface area contributed by atoms with Crippen molar-refractivity contribution in [2.75, 3.05) is 11.1 Å². The van der Waals surface area contributed by atoms with Gasteiger partial charge in [-0.25, -0.2) is 9.97 Å². The molecule has 2 aromatic heterocycles. The zero-order chi connectivity index (χ0) is 14.9. The van der Waals surface area contributed by atoms with E-state index in [-0.39, 0.29) is 5.41 Å². The maximum absolute atomic E-state index is 5.86. The highest BCUT2D eigenvalue weighted by Gasteiger charge is 2.18. The maximum atomic E-state index is 5.86. The van der Waals surface area contributed by atoms with E-state index >= 15 is 0 Å². The number of anilines is 2. The number of nitrogens with two attached hydrogens (primary N) is 1. The number of nitrogens with one attached hydrogen (secondary N) is 1. The quantitative estimate of drug-likeness (QED) is 0.905. The molecule has 108 valence electrons. The van der Waals surface area contributed by atoms with Crippen LogP contribution in [0.1, 0.15) is 41.9 Å². The van der Waals surface area contributed by atoms with E-state index in [0.29, 0.717) is 5.82 Å². The number of hydrogen-bond donors (Lipinski definition) is 2. The molecule has 2 heterocycles. The van der Waals surface area contributed by atoms with E-state index in [4.69, 9.17) is 5.73 Å². The molecule has 4 nitrogen and oxygen atoms in total. The maximum Gasteiger partial charge on any atom is 0.138 e. The summed E-state index contributed by atoms with van der Waals surface area (Å²) in [6.45, 7) is 11.3. The lowest BCUT2D eigenvalue weighted by molar-refractivity contribution is 0.547. The minimum atomic E-state index is -0.109. The van der Waals surface area contributed by atoms with Gasteiger partial charge in [0.15, 0.2) is 0 Å². The first-order valence-corrected chi connectivity index (χ1v) is 7.52. The SMILES string of the molecule is Cc1cc(CNc2cc(N)nc(C(C)(C)C)n2)sc1C. The van der Waals surface area contributed by atoms with Gasteiger partial charge in [0, 0.05) is 21.2 Å². The summed E-state index contributed by atoms with van der Waals surface area (Å²) in [4.78, 5) is 11.5. The topological polar surface area (TPSA) is 63.8 Å². The molecule has 0 aromatic carbocycles. The molecule has 0 saturated carbocycles. The van der Waals surface area contributed by atoms with Gasteiger partial charge in [-0.3, -0.25) is 0 Å². The van der Waals surface area contributed by atoms with E-state index < -0.39 is 0 Å². The molecule has 0 amide bonds. The first kappa shape index (κ1) is 14.8. The molecule has 20 heavy (non-hydrogen) atoms. The van der Waals surface area contributed by atoms with Crippen molar-refractivity contribution in [2.24, 2.45) is 0 Å². The molecule has 3 N–H and O–H groups in total. The van der Waals surface area contributed by atoms with Gasteiger partial charge in [0.2, 0.25) is 0 Å². The zero-order valence-corrected chi connectivity index (χ0v) is 13.6. The van der Waals surface area contributed by atoms with Gasteiger partial charge < -0.3 is 11.1 Å². The van der Waals surface area contributed by atoms with Crippen molar-refractivity contribution in [3.63, 3.8) is 0 Å². The largest absolute Gasteiger partial charge is 0.384 e. The average molecular weight is 290 g/mol. The third kappa shape index (κ3) is 3.48. The second kappa shape index (κ2) is 5.40. The Labute approximate surface area is 124 Å². The number of aromatic nitrogens is 2. The van der Waals surface area contributed by atoms with Crippen molar-refractivity contribution in [1.29, 1.82) is 0 Å². The number of aryl methyl sites for hydroxylation is 2. The Hall–Kier alpha value is -1.62. The Balaban J connectivity index is 2.15. The van der Waals surface area contributed by atoms with Crippen LogP contribution in [-0.4, -0.2) is 9.97 Å². The van der Waals surface area contributed by atoms with E-state index in [0.717, 1.165) is 18.2 Å². The van der Waals surface area contributed by atoms with E-state index in [2.05, 4.69) is 56.0 Å². The Morgan fingerprint density at radius 1 is 1.20 bits per heavy atom. The predicted molar refractivity (Wildman–Crippen MR) is 86.3 cm³/mol. The Morgan fingerprint density at radius 3 is 2.45 bits per heavy atom. The zero-order valence-electron chi connectivity index (χ0n) is 12.7. The number of nitrogen functional groups attached to an aromatic ring is 1. The van der Waals surface area contributed by atoms with E-state index in [1.54, 1.807) is 6.07 Å². The van der Waals surface area contributed by atoms with Crippen LogP contribution in [0.15, 0.2) is 12.1 Å². The molecule has 2 rings (SSSR count). The molecular weight excluding hydrogens is 268 g/mol. The number of thiophene rings is 1. The van der Waals surface area contributed by atoms with Crippen LogP contribution in [0.4, 0.5) is 11.6 Å². The number of nitrogens with zero attached hydrogens (tertiary/aromatic N) is 2. The van der Waals surface area contributed by atoms with Crippen molar-refractivity contribution in [1.82, 2.24) is 9.97 Å². The summed E-state index contributed by atoms with van der Waals surface area (Å²) in [5, 5.41) is 3.33. The summed E-state index contributed by atoms with van der Waals surface area (Å²) in [5.74, 6) is 2.05. The van der Waals surface area contributed by atoms with Crippen LogP contribution in [0.5, 0.6) is 0 Å². The Morgan fingerprint density at radius 2 is 1.90 bits per heavy atom. The third-order valence-corrected chi connectivity index (χ3v) is 4.23. The lowest BCUT2D eigenvalue weighted by atomic mass is 9.96.